The highest BCUT2D eigenvalue weighted by Crippen LogP contribution is 2.32. The molecule has 0 aliphatic carbocycles. The number of carbonyl (C=O) groups excluding carboxylic acids is 4. The summed E-state index contributed by atoms with van der Waals surface area (Å²) in [6.45, 7) is 5.32. The molecule has 4 N–H and O–H groups in total. The largest absolute Gasteiger partial charge is 0.338 e. The molecule has 1 atom stereocenters. The van der Waals surface area contributed by atoms with E-state index in [1.54, 1.807) is 34.0 Å². The number of para-hydroxylation sites is 1. The number of aromatic nitrogens is 4. The summed E-state index contributed by atoms with van der Waals surface area (Å²) < 4.78 is 1.73. The van der Waals surface area contributed by atoms with Gasteiger partial charge >= 0.3 is 6.03 Å². The molecular weight excluding hydrogens is 648 g/mol. The molecule has 0 radical (unpaired) electrons. The van der Waals surface area contributed by atoms with E-state index in [-0.39, 0.29) is 30.8 Å². The first kappa shape index (κ1) is 31.9. The third-order valence-corrected chi connectivity index (χ3v) is 9.84. The minimum absolute atomic E-state index is 0.191. The normalized spacial score (nSPS) is 16.9. The molecule has 14 heteroatoms. The van der Waals surface area contributed by atoms with E-state index in [1.165, 1.54) is 10.5 Å². The van der Waals surface area contributed by atoms with Gasteiger partial charge in [0.05, 0.1) is 5.39 Å². The Morgan fingerprint density at radius 2 is 1.69 bits per heavy atom. The number of amides is 5. The van der Waals surface area contributed by atoms with Crippen LogP contribution in [0.25, 0.3) is 11.0 Å². The molecule has 3 aliphatic rings. The van der Waals surface area contributed by atoms with Gasteiger partial charge in [0.15, 0.2) is 11.5 Å². The van der Waals surface area contributed by atoms with Crippen LogP contribution in [0.1, 0.15) is 51.0 Å². The number of piperidine rings is 1. The molecule has 0 bridgehead atoms. The van der Waals surface area contributed by atoms with Gasteiger partial charge < -0.3 is 25.8 Å². The fraction of sp³-hybridized carbons (Fsp3) is 0.270. The Kier molecular flexibility index (Phi) is 7.85. The van der Waals surface area contributed by atoms with Gasteiger partial charge in [0.1, 0.15) is 6.04 Å². The van der Waals surface area contributed by atoms with Crippen molar-refractivity contribution in [1.82, 2.24) is 34.9 Å². The number of urea groups is 1. The second-order valence-corrected chi connectivity index (χ2v) is 13.3. The summed E-state index contributed by atoms with van der Waals surface area (Å²) in [4.78, 5) is 63.1. The maximum Gasteiger partial charge on any atom is 0.322 e. The van der Waals surface area contributed by atoms with E-state index in [0.717, 1.165) is 39.0 Å². The second kappa shape index (κ2) is 12.5. The lowest BCUT2D eigenvalue weighted by atomic mass is 9.99. The summed E-state index contributed by atoms with van der Waals surface area (Å²) in [6, 6.07) is 16.4. The zero-order valence-corrected chi connectivity index (χ0v) is 28.4. The van der Waals surface area contributed by atoms with Crippen LogP contribution < -0.4 is 21.3 Å². The Morgan fingerprint density at radius 1 is 0.902 bits per heavy atom. The molecule has 5 aromatic rings. The van der Waals surface area contributed by atoms with Gasteiger partial charge in [0.25, 0.3) is 5.91 Å². The molecule has 3 aromatic carbocycles. The number of benzene rings is 3. The molecule has 0 spiro atoms. The molecule has 0 saturated carbocycles. The number of imide groups is 1. The SMILES string of the molecule is Cc1cccc(C)c1Nc1nn(C)c2nc(Nc3ccc4c(c3)CN(C(=O)Nc3ccc5c(c3)CN(C3CCC(=O)NC3=O)C5=O)CC4)ncc12. The molecule has 3 aliphatic heterocycles. The molecule has 2 aromatic heterocycles. The van der Waals surface area contributed by atoms with Gasteiger partial charge in [-0.1, -0.05) is 24.3 Å². The minimum Gasteiger partial charge on any atom is -0.338 e. The third-order valence-electron chi connectivity index (χ3n) is 9.84. The number of aryl methyl sites for hydroxylation is 3. The van der Waals surface area contributed by atoms with Crippen LogP contribution >= 0.6 is 0 Å². The number of anilines is 5. The Bertz CT molecular complexity index is 2260. The summed E-state index contributed by atoms with van der Waals surface area (Å²) in [5, 5.41) is 17.5. The smallest absolute Gasteiger partial charge is 0.322 e. The summed E-state index contributed by atoms with van der Waals surface area (Å²) in [5.41, 5.74) is 8.70. The van der Waals surface area contributed by atoms with Crippen LogP contribution in [-0.4, -0.2) is 65.9 Å². The lowest BCUT2D eigenvalue weighted by Gasteiger charge is -2.29. The molecular formula is C37H36N10O4. The van der Waals surface area contributed by atoms with Crippen LogP contribution in [-0.2, 0) is 36.1 Å². The summed E-state index contributed by atoms with van der Waals surface area (Å²) in [6.07, 6.45) is 2.95. The van der Waals surface area contributed by atoms with Crippen LogP contribution in [0.5, 0.6) is 0 Å². The highest BCUT2D eigenvalue weighted by atomic mass is 16.2. The van der Waals surface area contributed by atoms with E-state index in [9.17, 15) is 19.2 Å². The molecule has 1 unspecified atom stereocenters. The summed E-state index contributed by atoms with van der Waals surface area (Å²) >= 11 is 0. The number of carbonyl (C=O) groups is 4. The minimum atomic E-state index is -0.693. The zero-order chi connectivity index (χ0) is 35.4. The predicted octanol–water partition coefficient (Wildman–Crippen LogP) is 4.82. The number of nitrogens with zero attached hydrogens (tertiary/aromatic N) is 6. The van der Waals surface area contributed by atoms with Gasteiger partial charge in [-0.05, 0) is 84.8 Å². The fourth-order valence-electron chi connectivity index (χ4n) is 7.11. The van der Waals surface area contributed by atoms with Gasteiger partial charge in [0.2, 0.25) is 17.8 Å². The van der Waals surface area contributed by atoms with E-state index in [4.69, 9.17) is 4.98 Å². The van der Waals surface area contributed by atoms with Gasteiger partial charge in [-0.2, -0.15) is 10.1 Å². The summed E-state index contributed by atoms with van der Waals surface area (Å²) in [5.74, 6) is 0.0794. The van der Waals surface area contributed by atoms with Crippen molar-refractivity contribution >= 4 is 63.6 Å². The zero-order valence-electron chi connectivity index (χ0n) is 28.4. The van der Waals surface area contributed by atoms with Crippen molar-refractivity contribution < 1.29 is 19.2 Å². The molecule has 5 heterocycles. The van der Waals surface area contributed by atoms with Crippen molar-refractivity contribution in [1.29, 1.82) is 0 Å². The Balaban J connectivity index is 0.932. The van der Waals surface area contributed by atoms with Crippen LogP contribution in [0.3, 0.4) is 0 Å². The Morgan fingerprint density at radius 3 is 2.49 bits per heavy atom. The molecule has 258 valence electrons. The number of fused-ring (bicyclic) bond motifs is 3. The molecule has 51 heavy (non-hydrogen) atoms. The quantitative estimate of drug-likeness (QED) is 0.184. The first-order valence-corrected chi connectivity index (χ1v) is 16.9. The standard InChI is InChI=1S/C37H36N10O4/c1-20-5-4-6-21(2)31(20)42-32-28-17-38-36(43-33(28)45(3)44-32)39-25-8-7-22-13-14-46(18-23(22)15-25)37(51)40-26-9-10-27-24(16-26)19-47(35(27)50)29-11-12-30(48)41-34(29)49/h4-10,15-17,29H,11-14,18-19H2,1-3H3,(H,40,51)(H,42,44)(H,38,39,43)(H,41,48,49). The van der Waals surface area contributed by atoms with Gasteiger partial charge in [0, 0.05) is 61.9 Å². The van der Waals surface area contributed by atoms with E-state index in [2.05, 4.69) is 63.4 Å². The average Bonchev–Trinajstić information content (AvgIpc) is 3.60. The molecule has 5 amide bonds. The van der Waals surface area contributed by atoms with E-state index >= 15 is 0 Å². The van der Waals surface area contributed by atoms with Crippen molar-refractivity contribution in [2.45, 2.75) is 52.2 Å². The first-order chi connectivity index (χ1) is 24.6. The van der Waals surface area contributed by atoms with Crippen molar-refractivity contribution in [3.8, 4) is 0 Å². The van der Waals surface area contributed by atoms with Crippen LogP contribution in [0.15, 0.2) is 60.8 Å². The molecule has 1 saturated heterocycles. The highest BCUT2D eigenvalue weighted by molar-refractivity contribution is 6.05. The average molecular weight is 685 g/mol. The van der Waals surface area contributed by atoms with Crippen molar-refractivity contribution in [2.24, 2.45) is 7.05 Å². The molecule has 14 nitrogen and oxygen atoms in total. The van der Waals surface area contributed by atoms with E-state index in [1.807, 2.05) is 25.2 Å². The van der Waals surface area contributed by atoms with Gasteiger partial charge in [-0.3, -0.25) is 19.7 Å². The van der Waals surface area contributed by atoms with Crippen molar-refractivity contribution in [3.05, 3.63) is 94.2 Å². The fourth-order valence-corrected chi connectivity index (χ4v) is 7.11. The van der Waals surface area contributed by atoms with Crippen molar-refractivity contribution in [2.75, 3.05) is 22.5 Å². The number of hydrogen-bond donors (Lipinski definition) is 4. The maximum absolute atomic E-state index is 13.4. The lowest BCUT2D eigenvalue weighted by molar-refractivity contribution is -0.136. The number of nitrogens with one attached hydrogen (secondary N) is 4. The first-order valence-electron chi connectivity index (χ1n) is 16.9. The van der Waals surface area contributed by atoms with Crippen LogP contribution in [0, 0.1) is 13.8 Å². The van der Waals surface area contributed by atoms with E-state index in [0.29, 0.717) is 54.6 Å². The topological polar surface area (TPSA) is 166 Å². The molecule has 1 fully saturated rings. The van der Waals surface area contributed by atoms with Crippen molar-refractivity contribution in [3.63, 3.8) is 0 Å². The van der Waals surface area contributed by atoms with Gasteiger partial charge in [-0.25, -0.2) is 14.5 Å². The predicted molar refractivity (Wildman–Crippen MR) is 191 cm³/mol. The second-order valence-electron chi connectivity index (χ2n) is 13.3. The Hall–Kier alpha value is -6.31. The van der Waals surface area contributed by atoms with Gasteiger partial charge in [-0.15, -0.1) is 0 Å². The third kappa shape index (κ3) is 5.98. The van der Waals surface area contributed by atoms with Crippen LogP contribution in [0.4, 0.5) is 33.6 Å². The number of rotatable bonds is 6. The van der Waals surface area contributed by atoms with Crippen LogP contribution in [0.2, 0.25) is 0 Å². The maximum atomic E-state index is 13.4. The monoisotopic (exact) mass is 684 g/mol. The lowest BCUT2D eigenvalue weighted by Crippen LogP contribution is -2.52. The molecule has 8 rings (SSSR count). The highest BCUT2D eigenvalue weighted by Gasteiger charge is 2.39. The van der Waals surface area contributed by atoms with E-state index < -0.39 is 11.9 Å². The number of hydrogen-bond acceptors (Lipinski definition) is 9. The Labute approximate surface area is 293 Å². The summed E-state index contributed by atoms with van der Waals surface area (Å²) in [7, 11) is 1.85.